The highest BCUT2D eigenvalue weighted by molar-refractivity contribution is 9.10. The summed E-state index contributed by atoms with van der Waals surface area (Å²) in [6, 6.07) is 14.3. The van der Waals surface area contributed by atoms with Crippen LogP contribution in [0.15, 0.2) is 57.9 Å². The number of methoxy groups -OCH3 is 1. The molecule has 0 fully saturated rings. The summed E-state index contributed by atoms with van der Waals surface area (Å²) in [5.74, 6) is 0.324. The highest BCUT2D eigenvalue weighted by atomic mass is 79.9. The van der Waals surface area contributed by atoms with Crippen LogP contribution in [-0.4, -0.2) is 24.7 Å². The second kappa shape index (κ2) is 8.59. The Morgan fingerprint density at radius 1 is 1.04 bits per heavy atom. The number of ether oxygens (including phenoxy) is 1. The topological polar surface area (TPSA) is 67.4 Å². The largest absolute Gasteiger partial charge is 0.497 e. The van der Waals surface area contributed by atoms with Crippen LogP contribution in [0.5, 0.6) is 5.75 Å². The molecule has 0 aromatic heterocycles. The van der Waals surface area contributed by atoms with Gasteiger partial charge in [0.15, 0.2) is 0 Å². The standard InChI is InChI=1S/C16H15BrN2O3S/c1-22-13-6-8-14(9-7-13)23-10-15(20)18-19-16(21)11-2-4-12(17)5-3-11/h2-9H,10H2,1H3,(H,18,20)(H,19,21). The predicted octanol–water partition coefficient (Wildman–Crippen LogP) is 3.01. The summed E-state index contributed by atoms with van der Waals surface area (Å²) in [6.45, 7) is 0. The van der Waals surface area contributed by atoms with Crippen LogP contribution in [0.1, 0.15) is 10.4 Å². The number of nitrogens with one attached hydrogen (secondary N) is 2. The fraction of sp³-hybridized carbons (Fsp3) is 0.125. The molecule has 0 bridgehead atoms. The van der Waals surface area contributed by atoms with Gasteiger partial charge in [-0.05, 0) is 48.5 Å². The maximum absolute atomic E-state index is 11.8. The van der Waals surface area contributed by atoms with Crippen LogP contribution in [0.4, 0.5) is 0 Å². The number of rotatable bonds is 5. The molecule has 5 nitrogen and oxygen atoms in total. The van der Waals surface area contributed by atoms with Crippen molar-refractivity contribution >= 4 is 39.5 Å². The number of benzene rings is 2. The van der Waals surface area contributed by atoms with Crippen LogP contribution in [-0.2, 0) is 4.79 Å². The first-order chi connectivity index (χ1) is 11.1. The van der Waals surface area contributed by atoms with Crippen LogP contribution in [0.3, 0.4) is 0 Å². The average molecular weight is 395 g/mol. The molecule has 2 aromatic rings. The van der Waals surface area contributed by atoms with E-state index in [4.69, 9.17) is 4.74 Å². The van der Waals surface area contributed by atoms with E-state index in [1.165, 1.54) is 11.8 Å². The first-order valence-corrected chi connectivity index (χ1v) is 8.48. The lowest BCUT2D eigenvalue weighted by Gasteiger charge is -2.07. The number of halogens is 1. The van der Waals surface area contributed by atoms with E-state index in [1.807, 2.05) is 24.3 Å². The lowest BCUT2D eigenvalue weighted by atomic mass is 10.2. The number of carbonyl (C=O) groups excluding carboxylic acids is 2. The van der Waals surface area contributed by atoms with Crippen molar-refractivity contribution in [1.82, 2.24) is 10.9 Å². The number of carbonyl (C=O) groups is 2. The minimum atomic E-state index is -0.361. The van der Waals surface area contributed by atoms with Crippen LogP contribution < -0.4 is 15.6 Å². The maximum Gasteiger partial charge on any atom is 0.269 e. The Morgan fingerprint density at radius 3 is 2.30 bits per heavy atom. The van der Waals surface area contributed by atoms with Gasteiger partial charge in [0.25, 0.3) is 5.91 Å². The summed E-state index contributed by atoms with van der Waals surface area (Å²) >= 11 is 4.67. The number of thioether (sulfide) groups is 1. The SMILES string of the molecule is COc1ccc(SCC(=O)NNC(=O)c2ccc(Br)cc2)cc1. The molecular weight excluding hydrogens is 380 g/mol. The van der Waals surface area contributed by atoms with E-state index in [0.29, 0.717) is 5.56 Å². The van der Waals surface area contributed by atoms with Gasteiger partial charge in [0.05, 0.1) is 12.9 Å². The fourth-order valence-electron chi connectivity index (χ4n) is 1.66. The molecule has 2 aromatic carbocycles. The molecule has 7 heteroatoms. The summed E-state index contributed by atoms with van der Waals surface area (Å²) < 4.78 is 5.95. The third-order valence-corrected chi connectivity index (χ3v) is 4.39. The molecule has 2 N–H and O–H groups in total. The molecule has 0 aliphatic rings. The van der Waals surface area contributed by atoms with Crippen molar-refractivity contribution in [2.24, 2.45) is 0 Å². The minimum absolute atomic E-state index is 0.201. The zero-order valence-corrected chi connectivity index (χ0v) is 14.7. The predicted molar refractivity (Wildman–Crippen MR) is 93.5 cm³/mol. The molecule has 0 saturated carbocycles. The van der Waals surface area contributed by atoms with Crippen molar-refractivity contribution in [2.75, 3.05) is 12.9 Å². The van der Waals surface area contributed by atoms with E-state index in [0.717, 1.165) is 15.1 Å². The first kappa shape index (κ1) is 17.4. The Kier molecular flexibility index (Phi) is 6.49. The van der Waals surface area contributed by atoms with Crippen molar-refractivity contribution in [2.45, 2.75) is 4.90 Å². The average Bonchev–Trinajstić information content (AvgIpc) is 2.59. The van der Waals surface area contributed by atoms with Crippen molar-refractivity contribution in [3.05, 3.63) is 58.6 Å². The van der Waals surface area contributed by atoms with Crippen LogP contribution >= 0.6 is 27.7 Å². The fourth-order valence-corrected chi connectivity index (χ4v) is 2.62. The Bertz CT molecular complexity index is 675. The molecule has 0 saturated heterocycles. The van der Waals surface area contributed by atoms with Crippen LogP contribution in [0.25, 0.3) is 0 Å². The van der Waals surface area contributed by atoms with Gasteiger partial charge in [0, 0.05) is 14.9 Å². The van der Waals surface area contributed by atoms with Gasteiger partial charge in [0.2, 0.25) is 5.91 Å². The van der Waals surface area contributed by atoms with Crippen LogP contribution in [0, 0.1) is 0 Å². The van der Waals surface area contributed by atoms with Gasteiger partial charge in [-0.15, -0.1) is 11.8 Å². The molecule has 0 spiro atoms. The lowest BCUT2D eigenvalue weighted by molar-refractivity contribution is -0.119. The highest BCUT2D eigenvalue weighted by Gasteiger charge is 2.07. The van der Waals surface area contributed by atoms with E-state index in [-0.39, 0.29) is 17.6 Å². The molecule has 23 heavy (non-hydrogen) atoms. The quantitative estimate of drug-likeness (QED) is 0.604. The summed E-state index contributed by atoms with van der Waals surface area (Å²) in [6.07, 6.45) is 0. The number of amides is 2. The van der Waals surface area contributed by atoms with Gasteiger partial charge >= 0.3 is 0 Å². The molecule has 0 aliphatic heterocycles. The third-order valence-electron chi connectivity index (χ3n) is 2.85. The molecule has 2 rings (SSSR count). The highest BCUT2D eigenvalue weighted by Crippen LogP contribution is 2.20. The summed E-state index contributed by atoms with van der Waals surface area (Å²) in [4.78, 5) is 24.5. The molecule has 0 heterocycles. The van der Waals surface area contributed by atoms with Crippen molar-refractivity contribution in [3.8, 4) is 5.75 Å². The summed E-state index contributed by atoms with van der Waals surface area (Å²) in [5, 5.41) is 0. The van der Waals surface area contributed by atoms with Gasteiger partial charge in [0.1, 0.15) is 5.75 Å². The molecule has 0 unspecified atom stereocenters. The Morgan fingerprint density at radius 2 is 1.70 bits per heavy atom. The van der Waals surface area contributed by atoms with E-state index in [9.17, 15) is 9.59 Å². The van der Waals surface area contributed by atoms with E-state index >= 15 is 0 Å². The normalized spacial score (nSPS) is 10.0. The second-order valence-corrected chi connectivity index (χ2v) is 6.44. The zero-order chi connectivity index (χ0) is 16.7. The van der Waals surface area contributed by atoms with E-state index in [1.54, 1.807) is 31.4 Å². The Labute approximate surface area is 146 Å². The van der Waals surface area contributed by atoms with E-state index in [2.05, 4.69) is 26.8 Å². The Hall–Kier alpha value is -1.99. The number of hydrogen-bond acceptors (Lipinski definition) is 4. The molecule has 0 radical (unpaired) electrons. The molecule has 120 valence electrons. The second-order valence-electron chi connectivity index (χ2n) is 4.47. The first-order valence-electron chi connectivity index (χ1n) is 6.70. The smallest absolute Gasteiger partial charge is 0.269 e. The summed E-state index contributed by atoms with van der Waals surface area (Å²) in [5.41, 5.74) is 5.25. The van der Waals surface area contributed by atoms with Crippen molar-refractivity contribution < 1.29 is 14.3 Å². The third kappa shape index (κ3) is 5.61. The van der Waals surface area contributed by atoms with Crippen molar-refractivity contribution in [1.29, 1.82) is 0 Å². The summed E-state index contributed by atoms with van der Waals surface area (Å²) in [7, 11) is 1.60. The lowest BCUT2D eigenvalue weighted by Crippen LogP contribution is -2.42. The maximum atomic E-state index is 11.8. The van der Waals surface area contributed by atoms with Gasteiger partial charge in [-0.1, -0.05) is 15.9 Å². The van der Waals surface area contributed by atoms with Crippen LogP contribution in [0.2, 0.25) is 0 Å². The van der Waals surface area contributed by atoms with Gasteiger partial charge < -0.3 is 4.74 Å². The Balaban J connectivity index is 1.76. The molecule has 0 aliphatic carbocycles. The number of hydrazine groups is 1. The van der Waals surface area contributed by atoms with Gasteiger partial charge in [-0.25, -0.2) is 0 Å². The van der Waals surface area contributed by atoms with Gasteiger partial charge in [-0.2, -0.15) is 0 Å². The number of hydrogen-bond donors (Lipinski definition) is 2. The molecule has 0 atom stereocenters. The van der Waals surface area contributed by atoms with E-state index < -0.39 is 0 Å². The van der Waals surface area contributed by atoms with Crippen molar-refractivity contribution in [3.63, 3.8) is 0 Å². The molecule has 2 amide bonds. The minimum Gasteiger partial charge on any atom is -0.497 e. The zero-order valence-electron chi connectivity index (χ0n) is 12.3. The monoisotopic (exact) mass is 394 g/mol. The molecular formula is C16H15BrN2O3S. The van der Waals surface area contributed by atoms with Gasteiger partial charge in [-0.3, -0.25) is 20.4 Å².